The van der Waals surface area contributed by atoms with Gasteiger partial charge in [0.2, 0.25) is 11.4 Å². The van der Waals surface area contributed by atoms with Crippen LogP contribution in [0.2, 0.25) is 0 Å². The Balaban J connectivity index is 0.000000182. The molecule has 7 heteroatoms. The minimum atomic E-state index is -0.805. The highest BCUT2D eigenvalue weighted by molar-refractivity contribution is 6.00. The number of likely N-dealkylation sites (N-methyl/N-ethyl adjacent to an activating group) is 1. The first-order chi connectivity index (χ1) is 19.3. The van der Waals surface area contributed by atoms with Gasteiger partial charge in [0.25, 0.3) is 0 Å². The number of aromatic hydroxyl groups is 3. The van der Waals surface area contributed by atoms with E-state index in [9.17, 15) is 15.3 Å². The smallest absolute Gasteiger partial charge is 0.228 e. The molecule has 0 radical (unpaired) electrons. The molecular formula is C34H36N3O4+. The number of phenols is 3. The number of anilines is 1. The van der Waals surface area contributed by atoms with E-state index in [1.54, 1.807) is 30.3 Å². The van der Waals surface area contributed by atoms with Gasteiger partial charge >= 0.3 is 0 Å². The van der Waals surface area contributed by atoms with E-state index < -0.39 is 11.1 Å². The van der Waals surface area contributed by atoms with Gasteiger partial charge in [-0.05, 0) is 87.2 Å². The molecule has 4 aromatic carbocycles. The third-order valence-electron chi connectivity index (χ3n) is 9.40. The predicted octanol–water partition coefficient (Wildman–Crippen LogP) is 6.89. The normalized spacial score (nSPS) is 20.8. The molecule has 3 aliphatic rings. The van der Waals surface area contributed by atoms with E-state index in [1.165, 1.54) is 17.0 Å². The molecule has 1 spiro atoms. The third kappa shape index (κ3) is 3.71. The summed E-state index contributed by atoms with van der Waals surface area (Å²) in [6, 6.07) is 20.1. The van der Waals surface area contributed by atoms with Gasteiger partial charge in [0.15, 0.2) is 5.71 Å². The van der Waals surface area contributed by atoms with Crippen LogP contribution in [0.5, 0.6) is 23.0 Å². The molecular weight excluding hydrogens is 514 g/mol. The first-order valence-electron chi connectivity index (χ1n) is 13.8. The van der Waals surface area contributed by atoms with Crippen LogP contribution in [0.15, 0.2) is 71.7 Å². The number of hydrogen-bond donors (Lipinski definition) is 3. The maximum absolute atomic E-state index is 9.99. The molecule has 7 nitrogen and oxygen atoms in total. The number of benzene rings is 4. The van der Waals surface area contributed by atoms with Crippen LogP contribution >= 0.6 is 0 Å². The molecule has 41 heavy (non-hydrogen) atoms. The Kier molecular flexibility index (Phi) is 5.69. The zero-order chi connectivity index (χ0) is 29.5. The fourth-order valence-corrected chi connectivity index (χ4v) is 6.50. The Morgan fingerprint density at radius 2 is 1.41 bits per heavy atom. The Morgan fingerprint density at radius 3 is 2.15 bits per heavy atom. The molecule has 0 amide bonds. The van der Waals surface area contributed by atoms with Crippen molar-refractivity contribution in [2.45, 2.75) is 51.2 Å². The minimum Gasteiger partial charge on any atom is -0.508 e. The zero-order valence-electron chi connectivity index (χ0n) is 24.5. The number of fused-ring (bicyclic) bond motifs is 5. The Hall–Kier alpha value is -4.52. The topological polar surface area (TPSA) is 88.5 Å². The van der Waals surface area contributed by atoms with E-state index in [0.717, 1.165) is 27.7 Å². The summed E-state index contributed by atoms with van der Waals surface area (Å²) in [5.74, 6) is 1.46. The lowest BCUT2D eigenvalue weighted by atomic mass is 9.77. The zero-order valence-corrected chi connectivity index (χ0v) is 24.5. The molecule has 0 aliphatic carbocycles. The van der Waals surface area contributed by atoms with Gasteiger partial charge in [-0.3, -0.25) is 4.99 Å². The molecule has 1 unspecified atom stereocenters. The second-order valence-corrected chi connectivity index (χ2v) is 12.2. The highest BCUT2D eigenvalue weighted by Crippen LogP contribution is 2.55. The van der Waals surface area contributed by atoms with Crippen molar-refractivity contribution in [3.8, 4) is 23.0 Å². The van der Waals surface area contributed by atoms with Crippen LogP contribution in [0.3, 0.4) is 0 Å². The largest absolute Gasteiger partial charge is 0.508 e. The molecule has 0 bridgehead atoms. The number of aliphatic imine (C=N–C) groups is 1. The predicted molar refractivity (Wildman–Crippen MR) is 164 cm³/mol. The molecule has 1 atom stereocenters. The van der Waals surface area contributed by atoms with Crippen molar-refractivity contribution in [3.63, 3.8) is 0 Å². The van der Waals surface area contributed by atoms with Gasteiger partial charge in [0.1, 0.15) is 35.7 Å². The third-order valence-corrected chi connectivity index (χ3v) is 9.40. The van der Waals surface area contributed by atoms with E-state index >= 15 is 0 Å². The monoisotopic (exact) mass is 550 g/mol. The molecule has 0 saturated carbocycles. The quantitative estimate of drug-likeness (QED) is 0.208. The van der Waals surface area contributed by atoms with Crippen LogP contribution in [0.4, 0.5) is 17.1 Å². The van der Waals surface area contributed by atoms with Gasteiger partial charge in [-0.1, -0.05) is 12.1 Å². The van der Waals surface area contributed by atoms with E-state index in [4.69, 9.17) is 9.73 Å². The average molecular weight is 551 g/mol. The van der Waals surface area contributed by atoms with E-state index in [1.807, 2.05) is 49.7 Å². The summed E-state index contributed by atoms with van der Waals surface area (Å²) in [7, 11) is 4.05. The lowest BCUT2D eigenvalue weighted by Gasteiger charge is -2.44. The van der Waals surface area contributed by atoms with Gasteiger partial charge < -0.3 is 25.0 Å². The maximum atomic E-state index is 9.99. The van der Waals surface area contributed by atoms with E-state index in [2.05, 4.69) is 51.1 Å². The lowest BCUT2D eigenvalue weighted by Crippen LogP contribution is -2.61. The maximum Gasteiger partial charge on any atom is 0.228 e. The van der Waals surface area contributed by atoms with Crippen LogP contribution in [-0.2, 0) is 10.8 Å². The Morgan fingerprint density at radius 1 is 0.805 bits per heavy atom. The molecule has 3 heterocycles. The summed E-state index contributed by atoms with van der Waals surface area (Å²) in [6.07, 6.45) is 1.84. The number of hydrogen-bond acceptors (Lipinski definition) is 6. The summed E-state index contributed by atoms with van der Waals surface area (Å²) in [4.78, 5) is 6.85. The van der Waals surface area contributed by atoms with Crippen LogP contribution in [0, 0.1) is 0 Å². The van der Waals surface area contributed by atoms with Crippen LogP contribution < -0.4 is 9.64 Å². The van der Waals surface area contributed by atoms with Gasteiger partial charge in [-0.25, -0.2) is 4.58 Å². The first kappa shape index (κ1) is 26.7. The van der Waals surface area contributed by atoms with Crippen molar-refractivity contribution in [1.29, 1.82) is 0 Å². The summed E-state index contributed by atoms with van der Waals surface area (Å²) >= 11 is 0. The van der Waals surface area contributed by atoms with Gasteiger partial charge in [-0.15, -0.1) is 0 Å². The number of rotatable bonds is 0. The van der Waals surface area contributed by atoms with Crippen LogP contribution in [0.25, 0.3) is 10.8 Å². The van der Waals surface area contributed by atoms with Crippen molar-refractivity contribution in [2.24, 2.45) is 4.99 Å². The van der Waals surface area contributed by atoms with Gasteiger partial charge in [0, 0.05) is 36.7 Å². The van der Waals surface area contributed by atoms with Crippen molar-refractivity contribution in [1.82, 2.24) is 0 Å². The summed E-state index contributed by atoms with van der Waals surface area (Å²) < 4.78 is 8.78. The average Bonchev–Trinajstić information content (AvgIpc) is 3.20. The lowest BCUT2D eigenvalue weighted by molar-refractivity contribution is -0.403. The second-order valence-electron chi connectivity index (χ2n) is 12.2. The SMILES string of the molecule is CC1=[N+](C)c2ccc(O)cc2C1(C)C.CN1c2ccc(O)cc2C(C)(C)C12C=Nc1c(ccc3ccc(O)cc13)O2. The first-order valence-corrected chi connectivity index (χ1v) is 13.8. The fraction of sp³-hybridized carbons (Fsp3) is 0.294. The second kappa shape index (κ2) is 8.74. The van der Waals surface area contributed by atoms with Crippen molar-refractivity contribution >= 4 is 39.8 Å². The van der Waals surface area contributed by atoms with Crippen LogP contribution in [-0.4, -0.2) is 51.6 Å². The Labute approximate surface area is 240 Å². The molecule has 7 rings (SSSR count). The molecule has 0 saturated heterocycles. The number of phenolic OH excluding ortho intramolecular Hbond substituents is 3. The molecule has 4 aromatic rings. The summed E-state index contributed by atoms with van der Waals surface area (Å²) in [5, 5.41) is 31.2. The number of nitrogens with zero attached hydrogens (tertiary/aromatic N) is 3. The summed E-state index contributed by atoms with van der Waals surface area (Å²) in [5.41, 5.74) is 5.25. The van der Waals surface area contributed by atoms with Crippen molar-refractivity contribution < 1.29 is 24.6 Å². The highest BCUT2D eigenvalue weighted by Gasteiger charge is 2.58. The molecule has 0 fully saturated rings. The van der Waals surface area contributed by atoms with E-state index in [0.29, 0.717) is 11.5 Å². The standard InChI is InChI=1S/C22H20N2O3.C12H15NO/c1-21(2)17-11-15(26)7-8-18(17)24(3)22(21)12-23-20-16-10-14(25)6-4-13(16)5-9-19(20)27-22;1-8-12(2,3)10-7-9(14)5-6-11(10)13(8)4/h4-12,25-26H,1-3H3;5-7H,1-4H3/p+1. The van der Waals surface area contributed by atoms with Crippen LogP contribution in [0.1, 0.15) is 45.7 Å². The van der Waals surface area contributed by atoms with Crippen molar-refractivity contribution in [3.05, 3.63) is 77.9 Å². The molecule has 210 valence electrons. The fourth-order valence-electron chi connectivity index (χ4n) is 6.50. The highest BCUT2D eigenvalue weighted by atomic mass is 16.5. The molecule has 3 aliphatic heterocycles. The molecule has 3 N–H and O–H groups in total. The summed E-state index contributed by atoms with van der Waals surface area (Å²) in [6.45, 7) is 10.7. The minimum absolute atomic E-state index is 0.0306. The van der Waals surface area contributed by atoms with Gasteiger partial charge in [0.05, 0.1) is 17.0 Å². The van der Waals surface area contributed by atoms with E-state index in [-0.39, 0.29) is 16.9 Å². The number of ether oxygens (including phenoxy) is 1. The van der Waals surface area contributed by atoms with Gasteiger partial charge in [-0.2, -0.15) is 0 Å². The Bertz CT molecular complexity index is 1800. The van der Waals surface area contributed by atoms with Crippen molar-refractivity contribution in [2.75, 3.05) is 19.0 Å². The molecule has 0 aromatic heterocycles.